The third-order valence-corrected chi connectivity index (χ3v) is 11.7. The van der Waals surface area contributed by atoms with Gasteiger partial charge < -0.3 is 5.11 Å². The minimum atomic E-state index is -0.320. The first-order valence-electron chi connectivity index (χ1n) is 21.2. The number of benzene rings is 5. The lowest BCUT2D eigenvalue weighted by molar-refractivity contribution is 0.446. The summed E-state index contributed by atoms with van der Waals surface area (Å²) in [5.74, 6) is 1.36. The number of phenolic OH excluding ortho intramolecular Hbond substituents is 1. The number of aromatic hydroxyl groups is 1. The normalized spacial score (nSPS) is 12.2. The molecule has 0 saturated carbocycles. The molecule has 0 spiro atoms. The maximum atomic E-state index is 12.5. The van der Waals surface area contributed by atoms with Crippen LogP contribution in [-0.4, -0.2) is 24.6 Å². The van der Waals surface area contributed by atoms with Crippen LogP contribution in [0.4, 0.5) is 0 Å². The molecule has 60 heavy (non-hydrogen) atoms. The number of nitrogens with zero attached hydrogens (tertiary/aromatic N) is 4. The summed E-state index contributed by atoms with van der Waals surface area (Å²) in [4.78, 5) is 15.7. The van der Waals surface area contributed by atoms with Crippen molar-refractivity contribution in [1.29, 1.82) is 0 Å². The van der Waals surface area contributed by atoms with Crippen LogP contribution in [0, 0.1) is 0 Å². The molecule has 0 fully saturated rings. The summed E-state index contributed by atoms with van der Waals surface area (Å²) in [7, 11) is 0. The Kier molecular flexibility index (Phi) is 10.6. The van der Waals surface area contributed by atoms with Crippen LogP contribution in [0.5, 0.6) is 5.75 Å². The number of hydrogen-bond acceptors (Lipinski definition) is 4. The molecule has 0 aliphatic rings. The van der Waals surface area contributed by atoms with Crippen LogP contribution in [0.2, 0.25) is 0 Å². The maximum absolute atomic E-state index is 12.5. The standard InChI is InChI=1S/C55H56N4O/c1-34(2)43-22-17-23-44(35(3)4)50(43)59-52(46-32-42(54(5,6)7)33-47(51(46)60)55(8,9)10)58-49-45(25-27-57-53(49)59)40-28-39(37-20-15-12-16-21-37)29-41(30-40)48-31-38(24-26-56-48)36-18-13-11-14-19-36/h11-35,60H,1-10H3. The van der Waals surface area contributed by atoms with Crippen molar-refractivity contribution < 1.29 is 5.11 Å². The highest BCUT2D eigenvalue weighted by Crippen LogP contribution is 2.46. The van der Waals surface area contributed by atoms with Gasteiger partial charge in [-0.15, -0.1) is 0 Å². The van der Waals surface area contributed by atoms with Crippen molar-refractivity contribution in [2.75, 3.05) is 0 Å². The van der Waals surface area contributed by atoms with Crippen molar-refractivity contribution >= 4 is 11.2 Å². The lowest BCUT2D eigenvalue weighted by atomic mass is 9.79. The number of fused-ring (bicyclic) bond motifs is 1. The van der Waals surface area contributed by atoms with Crippen LogP contribution in [-0.2, 0) is 10.8 Å². The lowest BCUT2D eigenvalue weighted by Gasteiger charge is -2.28. The highest BCUT2D eigenvalue weighted by Gasteiger charge is 2.30. The molecule has 0 unspecified atom stereocenters. The Morgan fingerprint density at radius 2 is 1.10 bits per heavy atom. The van der Waals surface area contributed by atoms with Crippen LogP contribution < -0.4 is 0 Å². The van der Waals surface area contributed by atoms with Gasteiger partial charge in [-0.05, 0) is 110 Å². The van der Waals surface area contributed by atoms with E-state index in [0.717, 1.165) is 72.6 Å². The zero-order valence-corrected chi connectivity index (χ0v) is 36.7. The second-order valence-corrected chi connectivity index (χ2v) is 18.8. The van der Waals surface area contributed by atoms with Gasteiger partial charge in [0.05, 0.1) is 16.9 Å². The molecule has 3 heterocycles. The monoisotopic (exact) mass is 788 g/mol. The summed E-state index contributed by atoms with van der Waals surface area (Å²) in [6, 6.07) is 44.9. The van der Waals surface area contributed by atoms with Crippen molar-refractivity contribution in [3.8, 4) is 67.5 Å². The van der Waals surface area contributed by atoms with Crippen LogP contribution in [0.25, 0.3) is 72.9 Å². The molecular formula is C55H56N4O. The number of imidazole rings is 1. The Morgan fingerprint density at radius 1 is 0.517 bits per heavy atom. The molecule has 5 heteroatoms. The van der Waals surface area contributed by atoms with Gasteiger partial charge in [0.15, 0.2) is 11.5 Å². The summed E-state index contributed by atoms with van der Waals surface area (Å²) in [6.07, 6.45) is 3.80. The Morgan fingerprint density at radius 3 is 1.70 bits per heavy atom. The molecule has 0 amide bonds. The number of phenols is 1. The van der Waals surface area contributed by atoms with Crippen LogP contribution in [0.1, 0.15) is 103 Å². The van der Waals surface area contributed by atoms with E-state index in [1.165, 1.54) is 11.1 Å². The molecule has 8 rings (SSSR count). The molecule has 0 aliphatic carbocycles. The average Bonchev–Trinajstić information content (AvgIpc) is 3.62. The third kappa shape index (κ3) is 7.65. The fourth-order valence-electron chi connectivity index (χ4n) is 8.30. The number of pyridine rings is 2. The van der Waals surface area contributed by atoms with Crippen molar-refractivity contribution in [3.05, 3.63) is 162 Å². The zero-order chi connectivity index (χ0) is 42.5. The second-order valence-electron chi connectivity index (χ2n) is 18.8. The molecule has 302 valence electrons. The molecule has 5 nitrogen and oxygen atoms in total. The number of para-hydroxylation sites is 1. The van der Waals surface area contributed by atoms with Gasteiger partial charge in [0.2, 0.25) is 0 Å². The Labute approximate surface area is 355 Å². The molecule has 0 aliphatic heterocycles. The van der Waals surface area contributed by atoms with E-state index >= 15 is 0 Å². The van der Waals surface area contributed by atoms with E-state index < -0.39 is 0 Å². The number of aromatic nitrogens is 4. The van der Waals surface area contributed by atoms with Crippen molar-refractivity contribution in [1.82, 2.24) is 19.5 Å². The van der Waals surface area contributed by atoms with E-state index in [0.29, 0.717) is 11.4 Å². The van der Waals surface area contributed by atoms with Crippen molar-refractivity contribution in [3.63, 3.8) is 0 Å². The van der Waals surface area contributed by atoms with Gasteiger partial charge >= 0.3 is 0 Å². The molecule has 0 bridgehead atoms. The molecule has 0 saturated heterocycles. The number of rotatable bonds is 8. The Bertz CT molecular complexity index is 2810. The van der Waals surface area contributed by atoms with Gasteiger partial charge in [0.1, 0.15) is 11.3 Å². The van der Waals surface area contributed by atoms with Crippen molar-refractivity contribution in [2.24, 2.45) is 0 Å². The molecule has 0 radical (unpaired) electrons. The van der Waals surface area contributed by atoms with Gasteiger partial charge in [0.25, 0.3) is 0 Å². The third-order valence-electron chi connectivity index (χ3n) is 11.7. The quantitative estimate of drug-likeness (QED) is 0.167. The highest BCUT2D eigenvalue weighted by atomic mass is 16.3. The van der Waals surface area contributed by atoms with Gasteiger partial charge in [-0.1, -0.05) is 154 Å². The molecular weight excluding hydrogens is 733 g/mol. The largest absolute Gasteiger partial charge is 0.507 e. The smallest absolute Gasteiger partial charge is 0.165 e. The van der Waals surface area contributed by atoms with E-state index in [1.54, 1.807) is 0 Å². The predicted molar refractivity (Wildman–Crippen MR) is 251 cm³/mol. The summed E-state index contributed by atoms with van der Waals surface area (Å²) in [5, 5.41) is 12.5. The SMILES string of the molecule is CC(C)c1cccc(C(C)C)c1-n1c(-c2cc(C(C)(C)C)cc(C(C)(C)C)c2O)nc2c(-c3cc(-c4ccccc4)cc(-c4cc(-c5ccccc5)ccn4)c3)ccnc21. The first-order chi connectivity index (χ1) is 28.6. The van der Waals surface area contributed by atoms with Crippen LogP contribution in [0.15, 0.2) is 140 Å². The fraction of sp³-hybridized carbons (Fsp3) is 0.255. The summed E-state index contributed by atoms with van der Waals surface area (Å²) < 4.78 is 2.24. The zero-order valence-electron chi connectivity index (χ0n) is 36.7. The Balaban J connectivity index is 1.47. The van der Waals surface area contributed by atoms with Gasteiger partial charge in [-0.3, -0.25) is 9.55 Å². The Hall–Kier alpha value is -6.33. The molecule has 1 N–H and O–H groups in total. The minimum absolute atomic E-state index is 0.179. The molecule has 3 aromatic heterocycles. The molecule has 5 aromatic carbocycles. The van der Waals surface area contributed by atoms with E-state index in [4.69, 9.17) is 15.0 Å². The summed E-state index contributed by atoms with van der Waals surface area (Å²) in [6.45, 7) is 22.1. The second kappa shape index (κ2) is 15.7. The number of hydrogen-bond donors (Lipinski definition) is 1. The maximum Gasteiger partial charge on any atom is 0.165 e. The van der Waals surface area contributed by atoms with E-state index in [2.05, 4.69) is 195 Å². The van der Waals surface area contributed by atoms with Crippen molar-refractivity contribution in [2.45, 2.75) is 91.9 Å². The van der Waals surface area contributed by atoms with Gasteiger partial charge in [0, 0.05) is 29.1 Å². The summed E-state index contributed by atoms with van der Waals surface area (Å²) >= 11 is 0. The first kappa shape index (κ1) is 40.4. The van der Waals surface area contributed by atoms with Gasteiger partial charge in [-0.25, -0.2) is 9.97 Å². The van der Waals surface area contributed by atoms with E-state index in [-0.39, 0.29) is 28.4 Å². The van der Waals surface area contributed by atoms with Crippen LogP contribution in [0.3, 0.4) is 0 Å². The molecule has 8 aromatic rings. The highest BCUT2D eigenvalue weighted by molar-refractivity contribution is 5.96. The van der Waals surface area contributed by atoms with Gasteiger partial charge in [-0.2, -0.15) is 0 Å². The van der Waals surface area contributed by atoms with E-state index in [9.17, 15) is 5.11 Å². The summed E-state index contributed by atoms with van der Waals surface area (Å²) in [5.41, 5.74) is 15.5. The fourth-order valence-corrected chi connectivity index (χ4v) is 8.30. The predicted octanol–water partition coefficient (Wildman–Crippen LogP) is 14.7. The van der Waals surface area contributed by atoms with E-state index in [1.807, 2.05) is 18.5 Å². The molecule has 0 atom stereocenters. The minimum Gasteiger partial charge on any atom is -0.507 e. The lowest BCUT2D eigenvalue weighted by Crippen LogP contribution is -2.17. The topological polar surface area (TPSA) is 63.8 Å². The average molecular weight is 789 g/mol. The first-order valence-corrected chi connectivity index (χ1v) is 21.2. The van der Waals surface area contributed by atoms with Crippen LogP contribution >= 0.6 is 0 Å².